The zero-order valence-electron chi connectivity index (χ0n) is 9.81. The first-order valence-electron chi connectivity index (χ1n) is 5.40. The first-order chi connectivity index (χ1) is 9.13. The van der Waals surface area contributed by atoms with Gasteiger partial charge in [-0.25, -0.2) is 0 Å². The number of nitrogens with zero attached hydrogens (tertiary/aromatic N) is 2. The molecule has 0 spiro atoms. The fourth-order valence-corrected chi connectivity index (χ4v) is 2.06. The van der Waals surface area contributed by atoms with Crippen LogP contribution in [0.3, 0.4) is 0 Å². The van der Waals surface area contributed by atoms with Crippen LogP contribution >= 0.6 is 15.9 Å². The molecule has 4 nitrogen and oxygen atoms in total. The average Bonchev–Trinajstić information content (AvgIpc) is 2.41. The molecule has 5 heteroatoms. The summed E-state index contributed by atoms with van der Waals surface area (Å²) in [6, 6.07) is 14.5. The maximum absolute atomic E-state index is 8.81. The molecular formula is C14H9BrN4. The number of nitrogen functional groups attached to an aromatic ring is 1. The quantitative estimate of drug-likeness (QED) is 0.831. The second-order valence-electron chi connectivity index (χ2n) is 3.85. The van der Waals surface area contributed by atoms with Crippen molar-refractivity contribution < 1.29 is 0 Å². The molecule has 0 unspecified atom stereocenters. The molecule has 2 rings (SSSR count). The Bertz CT molecular complexity index is 710. The summed E-state index contributed by atoms with van der Waals surface area (Å²) in [4.78, 5) is 0. The van der Waals surface area contributed by atoms with E-state index in [9.17, 15) is 0 Å². The molecule has 0 heterocycles. The SMILES string of the molecule is N#Cc1ccc(Nc2ccc(C#N)c(N)c2)c(Br)c1. The number of hydrogen-bond acceptors (Lipinski definition) is 4. The minimum Gasteiger partial charge on any atom is -0.398 e. The summed E-state index contributed by atoms with van der Waals surface area (Å²) in [7, 11) is 0. The fraction of sp³-hybridized carbons (Fsp3) is 0. The van der Waals surface area contributed by atoms with Gasteiger partial charge >= 0.3 is 0 Å². The van der Waals surface area contributed by atoms with Crippen LogP contribution in [0.25, 0.3) is 0 Å². The maximum Gasteiger partial charge on any atom is 0.101 e. The Morgan fingerprint density at radius 3 is 2.42 bits per heavy atom. The van der Waals surface area contributed by atoms with Crippen LogP contribution in [0.1, 0.15) is 11.1 Å². The third-order valence-electron chi connectivity index (χ3n) is 2.55. The molecular weight excluding hydrogens is 304 g/mol. The van der Waals surface area contributed by atoms with Crippen molar-refractivity contribution in [3.63, 3.8) is 0 Å². The lowest BCUT2D eigenvalue weighted by atomic mass is 10.1. The van der Waals surface area contributed by atoms with Gasteiger partial charge in [0.1, 0.15) is 6.07 Å². The van der Waals surface area contributed by atoms with Crippen molar-refractivity contribution in [2.45, 2.75) is 0 Å². The Morgan fingerprint density at radius 1 is 1.05 bits per heavy atom. The Labute approximate surface area is 119 Å². The highest BCUT2D eigenvalue weighted by molar-refractivity contribution is 9.10. The molecule has 0 amide bonds. The van der Waals surface area contributed by atoms with E-state index < -0.39 is 0 Å². The number of nitrogens with two attached hydrogens (primary N) is 1. The van der Waals surface area contributed by atoms with Gasteiger partial charge in [0, 0.05) is 10.2 Å². The molecule has 0 aliphatic rings. The van der Waals surface area contributed by atoms with Crippen molar-refractivity contribution in [1.29, 1.82) is 10.5 Å². The van der Waals surface area contributed by atoms with Gasteiger partial charge in [-0.3, -0.25) is 0 Å². The normalized spacial score (nSPS) is 9.42. The van der Waals surface area contributed by atoms with Gasteiger partial charge in [0.25, 0.3) is 0 Å². The van der Waals surface area contributed by atoms with E-state index in [1.165, 1.54) is 0 Å². The van der Waals surface area contributed by atoms with Crippen LogP contribution in [0.15, 0.2) is 40.9 Å². The monoisotopic (exact) mass is 312 g/mol. The minimum atomic E-state index is 0.428. The van der Waals surface area contributed by atoms with Gasteiger partial charge in [-0.2, -0.15) is 10.5 Å². The third kappa shape index (κ3) is 2.85. The van der Waals surface area contributed by atoms with Crippen LogP contribution in [0, 0.1) is 22.7 Å². The maximum atomic E-state index is 8.81. The Kier molecular flexibility index (Phi) is 3.70. The number of halogens is 1. The van der Waals surface area contributed by atoms with Crippen LogP contribution in [-0.2, 0) is 0 Å². The second kappa shape index (κ2) is 5.43. The van der Waals surface area contributed by atoms with Crippen molar-refractivity contribution in [1.82, 2.24) is 0 Å². The van der Waals surface area contributed by atoms with E-state index in [-0.39, 0.29) is 0 Å². The fourth-order valence-electron chi connectivity index (χ4n) is 1.58. The van der Waals surface area contributed by atoms with Gasteiger partial charge in [0.15, 0.2) is 0 Å². The van der Waals surface area contributed by atoms with E-state index in [2.05, 4.69) is 27.3 Å². The molecule has 3 N–H and O–H groups in total. The van der Waals surface area contributed by atoms with Crippen LogP contribution in [0.4, 0.5) is 17.1 Å². The van der Waals surface area contributed by atoms with E-state index in [4.69, 9.17) is 16.3 Å². The molecule has 0 atom stereocenters. The lowest BCUT2D eigenvalue weighted by molar-refractivity contribution is 1.45. The number of hydrogen-bond donors (Lipinski definition) is 2. The lowest BCUT2D eigenvalue weighted by Gasteiger charge is -2.10. The Balaban J connectivity index is 2.30. The number of nitrogens with one attached hydrogen (secondary N) is 1. The highest BCUT2D eigenvalue weighted by Gasteiger charge is 2.04. The van der Waals surface area contributed by atoms with Gasteiger partial charge in [-0.15, -0.1) is 0 Å². The molecule has 2 aromatic rings. The smallest absolute Gasteiger partial charge is 0.101 e. The van der Waals surface area contributed by atoms with Crippen LogP contribution in [0.2, 0.25) is 0 Å². The van der Waals surface area contributed by atoms with Crippen molar-refractivity contribution >= 4 is 33.0 Å². The first-order valence-corrected chi connectivity index (χ1v) is 6.19. The Hall–Kier alpha value is -2.50. The molecule has 0 saturated carbocycles. The molecule has 0 fully saturated rings. The molecule has 92 valence electrons. The predicted molar refractivity (Wildman–Crippen MR) is 77.7 cm³/mol. The van der Waals surface area contributed by atoms with E-state index in [0.717, 1.165) is 15.8 Å². The van der Waals surface area contributed by atoms with Crippen LogP contribution < -0.4 is 11.1 Å². The van der Waals surface area contributed by atoms with Crippen molar-refractivity contribution in [2.75, 3.05) is 11.1 Å². The molecule has 0 bridgehead atoms. The zero-order chi connectivity index (χ0) is 13.8. The summed E-state index contributed by atoms with van der Waals surface area (Å²) in [5.74, 6) is 0. The Morgan fingerprint density at radius 2 is 1.84 bits per heavy atom. The topological polar surface area (TPSA) is 85.6 Å². The summed E-state index contributed by atoms with van der Waals surface area (Å²) in [6.45, 7) is 0. The first kappa shape index (κ1) is 12.9. The van der Waals surface area contributed by atoms with Gasteiger partial charge in [0.05, 0.1) is 28.6 Å². The van der Waals surface area contributed by atoms with Gasteiger partial charge < -0.3 is 11.1 Å². The molecule has 0 saturated heterocycles. The zero-order valence-corrected chi connectivity index (χ0v) is 11.4. The second-order valence-corrected chi connectivity index (χ2v) is 4.70. The number of benzene rings is 2. The van der Waals surface area contributed by atoms with Gasteiger partial charge in [-0.05, 0) is 52.3 Å². The predicted octanol–water partition coefficient (Wildman–Crippen LogP) is 3.52. The van der Waals surface area contributed by atoms with Gasteiger partial charge in [-0.1, -0.05) is 0 Å². The average molecular weight is 313 g/mol. The number of anilines is 3. The highest BCUT2D eigenvalue weighted by atomic mass is 79.9. The van der Waals surface area contributed by atoms with Crippen LogP contribution in [-0.4, -0.2) is 0 Å². The summed E-state index contributed by atoms with van der Waals surface area (Å²) >= 11 is 3.39. The van der Waals surface area contributed by atoms with E-state index in [0.29, 0.717) is 16.8 Å². The van der Waals surface area contributed by atoms with Gasteiger partial charge in [0.2, 0.25) is 0 Å². The molecule has 19 heavy (non-hydrogen) atoms. The van der Waals surface area contributed by atoms with Crippen molar-refractivity contribution in [3.8, 4) is 12.1 Å². The largest absolute Gasteiger partial charge is 0.398 e. The third-order valence-corrected chi connectivity index (χ3v) is 3.21. The molecule has 0 radical (unpaired) electrons. The number of nitriles is 2. The van der Waals surface area contributed by atoms with Crippen LogP contribution in [0.5, 0.6) is 0 Å². The summed E-state index contributed by atoms with van der Waals surface area (Å²) in [5, 5.41) is 20.8. The molecule has 0 aliphatic carbocycles. The standard InChI is InChI=1S/C14H9BrN4/c15-12-5-9(7-16)1-4-14(12)19-11-3-2-10(8-17)13(18)6-11/h1-6,19H,18H2. The summed E-state index contributed by atoms with van der Waals surface area (Å²) in [6.07, 6.45) is 0. The van der Waals surface area contributed by atoms with E-state index >= 15 is 0 Å². The van der Waals surface area contributed by atoms with Crippen molar-refractivity contribution in [2.24, 2.45) is 0 Å². The molecule has 0 aliphatic heterocycles. The van der Waals surface area contributed by atoms with E-state index in [1.807, 2.05) is 6.07 Å². The molecule has 2 aromatic carbocycles. The van der Waals surface area contributed by atoms with E-state index in [1.54, 1.807) is 36.4 Å². The minimum absolute atomic E-state index is 0.428. The number of rotatable bonds is 2. The highest BCUT2D eigenvalue weighted by Crippen LogP contribution is 2.28. The molecule has 0 aromatic heterocycles. The van der Waals surface area contributed by atoms with Crippen molar-refractivity contribution in [3.05, 3.63) is 52.0 Å². The summed E-state index contributed by atoms with van der Waals surface area (Å²) in [5.41, 5.74) is 8.81. The lowest BCUT2D eigenvalue weighted by Crippen LogP contribution is -1.95. The summed E-state index contributed by atoms with van der Waals surface area (Å²) < 4.78 is 0.787.